The van der Waals surface area contributed by atoms with Gasteiger partial charge in [0.05, 0.1) is 0 Å². The predicted octanol–water partition coefficient (Wildman–Crippen LogP) is 1.32. The third-order valence-corrected chi connectivity index (χ3v) is 5.85. The molecule has 2 fully saturated rings. The molecule has 2 atom stereocenters. The fourth-order valence-corrected chi connectivity index (χ4v) is 4.42. The topological polar surface area (TPSA) is 96.9 Å². The van der Waals surface area contributed by atoms with Gasteiger partial charge in [-0.1, -0.05) is 18.5 Å². The van der Waals surface area contributed by atoms with Crippen LogP contribution >= 0.6 is 11.8 Å². The standard InChI is InChI=1S/C14H25N3O3S/c1-2-21-11-5-3-4-10(11)16-13(18)14(12(15)17-19)6-8-20-9-7-14/h10-11,19H,2-9H2,1H3,(H2,15,17)(H,16,18). The zero-order chi connectivity index (χ0) is 15.3. The van der Waals surface area contributed by atoms with E-state index in [0.29, 0.717) is 31.3 Å². The first-order valence-corrected chi connectivity index (χ1v) is 8.67. The molecule has 1 saturated carbocycles. The third kappa shape index (κ3) is 3.45. The normalized spacial score (nSPS) is 29.3. The van der Waals surface area contributed by atoms with Crippen LogP contribution in [0.1, 0.15) is 39.0 Å². The number of nitrogens with two attached hydrogens (primary N) is 1. The average Bonchev–Trinajstić information content (AvgIpc) is 2.94. The van der Waals surface area contributed by atoms with Gasteiger partial charge in [0.2, 0.25) is 5.91 Å². The van der Waals surface area contributed by atoms with Crippen molar-refractivity contribution in [1.29, 1.82) is 0 Å². The van der Waals surface area contributed by atoms with E-state index < -0.39 is 5.41 Å². The summed E-state index contributed by atoms with van der Waals surface area (Å²) in [7, 11) is 0. The second-order valence-electron chi connectivity index (χ2n) is 5.68. The summed E-state index contributed by atoms with van der Waals surface area (Å²) in [5.41, 5.74) is 4.91. The van der Waals surface area contributed by atoms with Gasteiger partial charge < -0.3 is 21.0 Å². The van der Waals surface area contributed by atoms with Crippen molar-refractivity contribution in [3.05, 3.63) is 0 Å². The third-order valence-electron chi connectivity index (χ3n) is 4.53. The van der Waals surface area contributed by atoms with E-state index in [1.807, 2.05) is 11.8 Å². The highest BCUT2D eigenvalue weighted by atomic mass is 32.2. The van der Waals surface area contributed by atoms with Crippen LogP contribution in [0.2, 0.25) is 0 Å². The van der Waals surface area contributed by atoms with Crippen LogP contribution in [0.4, 0.5) is 0 Å². The van der Waals surface area contributed by atoms with Crippen molar-refractivity contribution in [2.45, 2.75) is 50.3 Å². The molecule has 4 N–H and O–H groups in total. The van der Waals surface area contributed by atoms with E-state index in [1.54, 1.807) is 0 Å². The Labute approximate surface area is 129 Å². The lowest BCUT2D eigenvalue weighted by Crippen LogP contribution is -2.55. The van der Waals surface area contributed by atoms with Crippen LogP contribution in [0.25, 0.3) is 0 Å². The van der Waals surface area contributed by atoms with E-state index >= 15 is 0 Å². The highest BCUT2D eigenvalue weighted by Gasteiger charge is 2.46. The van der Waals surface area contributed by atoms with Crippen LogP contribution < -0.4 is 11.1 Å². The largest absolute Gasteiger partial charge is 0.409 e. The molecular weight excluding hydrogens is 290 g/mol. The number of carbonyl (C=O) groups excluding carboxylic acids is 1. The lowest BCUT2D eigenvalue weighted by molar-refractivity contribution is -0.132. The van der Waals surface area contributed by atoms with Gasteiger partial charge in [0.25, 0.3) is 0 Å². The summed E-state index contributed by atoms with van der Waals surface area (Å²) >= 11 is 1.90. The minimum atomic E-state index is -0.920. The van der Waals surface area contributed by atoms with Gasteiger partial charge in [-0.25, -0.2) is 0 Å². The molecule has 2 aliphatic rings. The number of amidine groups is 1. The van der Waals surface area contributed by atoms with Crippen molar-refractivity contribution in [3.63, 3.8) is 0 Å². The van der Waals surface area contributed by atoms with Crippen LogP contribution in [0.15, 0.2) is 5.16 Å². The molecular formula is C14H25N3O3S. The molecule has 1 saturated heterocycles. The van der Waals surface area contributed by atoms with Crippen molar-refractivity contribution in [3.8, 4) is 0 Å². The number of hydrogen-bond acceptors (Lipinski definition) is 5. The van der Waals surface area contributed by atoms with Gasteiger partial charge in [-0.2, -0.15) is 11.8 Å². The molecule has 0 spiro atoms. The fraction of sp³-hybridized carbons (Fsp3) is 0.857. The van der Waals surface area contributed by atoms with Crippen molar-refractivity contribution < 1.29 is 14.7 Å². The van der Waals surface area contributed by atoms with Crippen molar-refractivity contribution in [2.24, 2.45) is 16.3 Å². The van der Waals surface area contributed by atoms with Crippen LogP contribution in [0.5, 0.6) is 0 Å². The molecule has 120 valence electrons. The highest BCUT2D eigenvalue weighted by Crippen LogP contribution is 2.34. The number of oxime groups is 1. The molecule has 1 heterocycles. The lowest BCUT2D eigenvalue weighted by Gasteiger charge is -2.36. The molecule has 0 bridgehead atoms. The fourth-order valence-electron chi connectivity index (χ4n) is 3.23. The first kappa shape index (κ1) is 16.4. The summed E-state index contributed by atoms with van der Waals surface area (Å²) in [5.74, 6) is 0.937. The Balaban J connectivity index is 2.08. The smallest absolute Gasteiger partial charge is 0.234 e. The number of thioether (sulfide) groups is 1. The number of rotatable bonds is 5. The van der Waals surface area contributed by atoms with Crippen molar-refractivity contribution in [2.75, 3.05) is 19.0 Å². The SMILES string of the molecule is CCSC1CCCC1NC(=O)C1(C(N)=NO)CCOCC1. The number of nitrogens with one attached hydrogen (secondary N) is 1. The Morgan fingerprint density at radius 1 is 1.48 bits per heavy atom. The summed E-state index contributed by atoms with van der Waals surface area (Å²) in [6.45, 7) is 3.06. The van der Waals surface area contributed by atoms with Crippen molar-refractivity contribution >= 4 is 23.5 Å². The Morgan fingerprint density at radius 2 is 2.19 bits per heavy atom. The predicted molar refractivity (Wildman–Crippen MR) is 83.6 cm³/mol. The van der Waals surface area contributed by atoms with E-state index in [2.05, 4.69) is 17.4 Å². The van der Waals surface area contributed by atoms with Crippen LogP contribution in [-0.4, -0.2) is 47.2 Å². The molecule has 1 amide bonds. The van der Waals surface area contributed by atoms with Gasteiger partial charge >= 0.3 is 0 Å². The zero-order valence-electron chi connectivity index (χ0n) is 12.5. The van der Waals surface area contributed by atoms with Crippen LogP contribution in [0, 0.1) is 5.41 Å². The highest BCUT2D eigenvalue weighted by molar-refractivity contribution is 7.99. The minimum Gasteiger partial charge on any atom is -0.409 e. The maximum Gasteiger partial charge on any atom is 0.234 e. The molecule has 0 radical (unpaired) electrons. The first-order valence-electron chi connectivity index (χ1n) is 7.62. The number of nitrogens with zero attached hydrogens (tertiary/aromatic N) is 1. The second-order valence-corrected chi connectivity index (χ2v) is 7.20. The molecule has 1 aliphatic heterocycles. The molecule has 1 aliphatic carbocycles. The summed E-state index contributed by atoms with van der Waals surface area (Å²) < 4.78 is 5.32. The summed E-state index contributed by atoms with van der Waals surface area (Å²) in [6.07, 6.45) is 4.22. The average molecular weight is 315 g/mol. The molecule has 0 aromatic carbocycles. The Hall–Kier alpha value is -0.950. The maximum absolute atomic E-state index is 12.8. The van der Waals surface area contributed by atoms with E-state index in [9.17, 15) is 4.79 Å². The lowest BCUT2D eigenvalue weighted by atomic mass is 9.78. The van der Waals surface area contributed by atoms with E-state index in [1.165, 1.54) is 0 Å². The molecule has 21 heavy (non-hydrogen) atoms. The van der Waals surface area contributed by atoms with Gasteiger partial charge in [-0.15, -0.1) is 0 Å². The minimum absolute atomic E-state index is 0.000918. The number of ether oxygens (including phenoxy) is 1. The molecule has 2 rings (SSSR count). The number of hydrogen-bond donors (Lipinski definition) is 3. The van der Waals surface area contributed by atoms with Crippen LogP contribution in [-0.2, 0) is 9.53 Å². The van der Waals surface area contributed by atoms with E-state index in [0.717, 1.165) is 25.0 Å². The molecule has 7 heteroatoms. The van der Waals surface area contributed by atoms with Crippen LogP contribution in [0.3, 0.4) is 0 Å². The first-order chi connectivity index (χ1) is 10.1. The summed E-state index contributed by atoms with van der Waals surface area (Å²) in [4.78, 5) is 12.8. The van der Waals surface area contributed by atoms with Gasteiger partial charge in [0, 0.05) is 24.5 Å². The maximum atomic E-state index is 12.8. The van der Waals surface area contributed by atoms with E-state index in [4.69, 9.17) is 15.7 Å². The van der Waals surface area contributed by atoms with E-state index in [-0.39, 0.29) is 17.8 Å². The summed E-state index contributed by atoms with van der Waals surface area (Å²) in [5, 5.41) is 15.8. The molecule has 0 aromatic heterocycles. The summed E-state index contributed by atoms with van der Waals surface area (Å²) in [6, 6.07) is 0.189. The van der Waals surface area contributed by atoms with Gasteiger partial charge in [-0.3, -0.25) is 4.79 Å². The monoisotopic (exact) mass is 315 g/mol. The molecule has 0 aromatic rings. The Morgan fingerprint density at radius 3 is 2.81 bits per heavy atom. The molecule has 2 unspecified atom stereocenters. The zero-order valence-corrected chi connectivity index (χ0v) is 13.3. The number of carbonyl (C=O) groups is 1. The van der Waals surface area contributed by atoms with Gasteiger partial charge in [0.1, 0.15) is 5.41 Å². The Kier molecular flexibility index (Phi) is 5.75. The van der Waals surface area contributed by atoms with Crippen molar-refractivity contribution in [1.82, 2.24) is 5.32 Å². The quantitative estimate of drug-likeness (QED) is 0.308. The molecule has 6 nitrogen and oxygen atoms in total. The number of amides is 1. The van der Waals surface area contributed by atoms with Gasteiger partial charge in [-0.05, 0) is 31.4 Å². The second kappa shape index (κ2) is 7.35. The Bertz CT molecular complexity index is 397. The van der Waals surface area contributed by atoms with Gasteiger partial charge in [0.15, 0.2) is 5.84 Å².